The number of amides is 1. The van der Waals surface area contributed by atoms with Gasteiger partial charge in [0.1, 0.15) is 5.75 Å². The lowest BCUT2D eigenvalue weighted by atomic mass is 10.1. The molecule has 0 aliphatic rings. The van der Waals surface area contributed by atoms with E-state index in [4.69, 9.17) is 4.74 Å². The van der Waals surface area contributed by atoms with E-state index in [0.29, 0.717) is 22.8 Å². The molecule has 1 unspecified atom stereocenters. The van der Waals surface area contributed by atoms with Gasteiger partial charge >= 0.3 is 0 Å². The van der Waals surface area contributed by atoms with Gasteiger partial charge in [0.15, 0.2) is 6.10 Å². The molecule has 0 bridgehead atoms. The molecule has 0 saturated carbocycles. The molecule has 2 aromatic carbocycles. The number of carbonyl (C=O) groups excluding carboxylic acids is 1. The second kappa shape index (κ2) is 10.4. The molecule has 0 fully saturated rings. The van der Waals surface area contributed by atoms with Crippen LogP contribution in [0.1, 0.15) is 37.2 Å². The standard InChI is InChI=1S/C24H28N4O4S/c1-5-6-19-7-11-21(12-8-19)32-18(4)23(29)27-20-9-13-22(14-10-20)33(30,31)28-24-25-16(2)15-17(3)26-24/h7-15,18H,5-6H2,1-4H3,(H,27,29)(H,25,26,28). The molecule has 9 heteroatoms. The van der Waals surface area contributed by atoms with Crippen molar-refractivity contribution in [2.24, 2.45) is 0 Å². The largest absolute Gasteiger partial charge is 0.481 e. The van der Waals surface area contributed by atoms with E-state index < -0.39 is 16.1 Å². The Kier molecular flexibility index (Phi) is 7.65. The van der Waals surface area contributed by atoms with Crippen LogP contribution in [-0.4, -0.2) is 30.4 Å². The van der Waals surface area contributed by atoms with Gasteiger partial charge in [-0.15, -0.1) is 0 Å². The van der Waals surface area contributed by atoms with Crippen molar-refractivity contribution >= 4 is 27.6 Å². The van der Waals surface area contributed by atoms with Crippen molar-refractivity contribution in [3.05, 3.63) is 71.5 Å². The van der Waals surface area contributed by atoms with Crippen molar-refractivity contribution < 1.29 is 17.9 Å². The molecular formula is C24H28N4O4S. The Labute approximate surface area is 194 Å². The highest BCUT2D eigenvalue weighted by Crippen LogP contribution is 2.19. The molecule has 174 valence electrons. The lowest BCUT2D eigenvalue weighted by Gasteiger charge is -2.15. The van der Waals surface area contributed by atoms with Gasteiger partial charge in [-0.3, -0.25) is 4.79 Å². The van der Waals surface area contributed by atoms with Crippen molar-refractivity contribution in [1.29, 1.82) is 0 Å². The first kappa shape index (κ1) is 24.2. The Bertz CT molecular complexity index is 1190. The first-order chi connectivity index (χ1) is 15.7. The van der Waals surface area contributed by atoms with E-state index in [1.807, 2.05) is 24.3 Å². The van der Waals surface area contributed by atoms with E-state index >= 15 is 0 Å². The molecule has 33 heavy (non-hydrogen) atoms. The third kappa shape index (κ3) is 6.76. The number of aryl methyl sites for hydroxylation is 3. The summed E-state index contributed by atoms with van der Waals surface area (Å²) < 4.78 is 33.4. The average molecular weight is 469 g/mol. The molecular weight excluding hydrogens is 440 g/mol. The van der Waals surface area contributed by atoms with Gasteiger partial charge in [-0.2, -0.15) is 0 Å². The van der Waals surface area contributed by atoms with Crippen molar-refractivity contribution in [3.63, 3.8) is 0 Å². The predicted octanol–water partition coefficient (Wildman–Crippen LogP) is 4.25. The predicted molar refractivity (Wildman–Crippen MR) is 128 cm³/mol. The SMILES string of the molecule is CCCc1ccc(OC(C)C(=O)Nc2ccc(S(=O)(=O)Nc3nc(C)cc(C)n3)cc2)cc1. The Balaban J connectivity index is 1.61. The number of carbonyl (C=O) groups is 1. The maximum absolute atomic E-state index is 12.6. The number of ether oxygens (including phenoxy) is 1. The summed E-state index contributed by atoms with van der Waals surface area (Å²) in [5, 5.41) is 2.73. The summed E-state index contributed by atoms with van der Waals surface area (Å²) in [6.07, 6.45) is 1.33. The molecule has 0 saturated heterocycles. The topological polar surface area (TPSA) is 110 Å². The van der Waals surface area contributed by atoms with Crippen LogP contribution in [0.2, 0.25) is 0 Å². The van der Waals surface area contributed by atoms with Gasteiger partial charge in [0.25, 0.3) is 15.9 Å². The van der Waals surface area contributed by atoms with Crippen LogP contribution in [0, 0.1) is 13.8 Å². The fourth-order valence-corrected chi connectivity index (χ4v) is 4.14. The number of hydrogen-bond donors (Lipinski definition) is 2. The zero-order valence-electron chi connectivity index (χ0n) is 19.1. The van der Waals surface area contributed by atoms with Crippen LogP contribution < -0.4 is 14.8 Å². The van der Waals surface area contributed by atoms with Crippen molar-refractivity contribution in [2.45, 2.75) is 51.5 Å². The van der Waals surface area contributed by atoms with Gasteiger partial charge in [-0.05, 0) is 75.2 Å². The molecule has 1 heterocycles. The van der Waals surface area contributed by atoms with Gasteiger partial charge in [0, 0.05) is 17.1 Å². The van der Waals surface area contributed by atoms with Gasteiger partial charge in [-0.25, -0.2) is 23.1 Å². The fourth-order valence-electron chi connectivity index (χ4n) is 3.19. The molecule has 3 aromatic rings. The van der Waals surface area contributed by atoms with Crippen LogP contribution >= 0.6 is 0 Å². The zero-order valence-corrected chi connectivity index (χ0v) is 19.9. The Morgan fingerprint density at radius 3 is 2.18 bits per heavy atom. The lowest BCUT2D eigenvalue weighted by molar-refractivity contribution is -0.122. The molecule has 8 nitrogen and oxygen atoms in total. The van der Waals surface area contributed by atoms with Crippen LogP contribution in [-0.2, 0) is 21.2 Å². The number of sulfonamides is 1. The van der Waals surface area contributed by atoms with Crippen LogP contribution in [0.5, 0.6) is 5.75 Å². The van der Waals surface area contributed by atoms with E-state index in [1.165, 1.54) is 29.8 Å². The Morgan fingerprint density at radius 1 is 1.00 bits per heavy atom. The highest BCUT2D eigenvalue weighted by molar-refractivity contribution is 7.92. The number of nitrogens with zero attached hydrogens (tertiary/aromatic N) is 2. The summed E-state index contributed by atoms with van der Waals surface area (Å²) in [4.78, 5) is 20.7. The maximum atomic E-state index is 12.6. The summed E-state index contributed by atoms with van der Waals surface area (Å²) in [7, 11) is -3.87. The number of nitrogens with one attached hydrogen (secondary N) is 2. The average Bonchev–Trinajstić information content (AvgIpc) is 2.74. The molecule has 0 radical (unpaired) electrons. The van der Waals surface area contributed by atoms with E-state index in [9.17, 15) is 13.2 Å². The van der Waals surface area contributed by atoms with Crippen LogP contribution in [0.15, 0.2) is 59.5 Å². The highest BCUT2D eigenvalue weighted by Gasteiger charge is 2.18. The van der Waals surface area contributed by atoms with Crippen LogP contribution in [0.25, 0.3) is 0 Å². The van der Waals surface area contributed by atoms with Gasteiger partial charge in [0.05, 0.1) is 4.90 Å². The Hall–Kier alpha value is -3.46. The summed E-state index contributed by atoms with van der Waals surface area (Å²) >= 11 is 0. The smallest absolute Gasteiger partial charge is 0.265 e. The van der Waals surface area contributed by atoms with Crippen LogP contribution in [0.4, 0.5) is 11.6 Å². The fraction of sp³-hybridized carbons (Fsp3) is 0.292. The van der Waals surface area contributed by atoms with Crippen molar-refractivity contribution in [2.75, 3.05) is 10.0 Å². The number of hydrogen-bond acceptors (Lipinski definition) is 6. The third-order valence-electron chi connectivity index (χ3n) is 4.78. The van der Waals surface area contributed by atoms with Crippen molar-refractivity contribution in [1.82, 2.24) is 9.97 Å². The van der Waals surface area contributed by atoms with Crippen molar-refractivity contribution in [3.8, 4) is 5.75 Å². The molecule has 0 aliphatic heterocycles. The van der Waals surface area contributed by atoms with E-state index in [0.717, 1.165) is 12.8 Å². The lowest BCUT2D eigenvalue weighted by Crippen LogP contribution is -2.30. The van der Waals surface area contributed by atoms with E-state index in [1.54, 1.807) is 26.8 Å². The summed E-state index contributed by atoms with van der Waals surface area (Å²) in [5.41, 5.74) is 2.99. The normalized spacial score (nSPS) is 12.1. The quantitative estimate of drug-likeness (QED) is 0.486. The Morgan fingerprint density at radius 2 is 1.61 bits per heavy atom. The molecule has 2 N–H and O–H groups in total. The third-order valence-corrected chi connectivity index (χ3v) is 6.13. The number of aromatic nitrogens is 2. The van der Waals surface area contributed by atoms with Gasteiger partial charge in [-0.1, -0.05) is 25.5 Å². The maximum Gasteiger partial charge on any atom is 0.265 e. The molecule has 0 aliphatic carbocycles. The monoisotopic (exact) mass is 468 g/mol. The number of rotatable bonds is 9. The number of benzene rings is 2. The minimum absolute atomic E-state index is 0.0126. The van der Waals surface area contributed by atoms with Gasteiger partial charge < -0.3 is 10.1 Å². The van der Waals surface area contributed by atoms with E-state index in [2.05, 4.69) is 26.9 Å². The highest BCUT2D eigenvalue weighted by atomic mass is 32.2. The first-order valence-electron chi connectivity index (χ1n) is 10.7. The van der Waals surface area contributed by atoms with E-state index in [-0.39, 0.29) is 16.8 Å². The molecule has 1 atom stereocenters. The molecule has 3 rings (SSSR count). The van der Waals surface area contributed by atoms with Crippen LogP contribution in [0.3, 0.4) is 0 Å². The minimum atomic E-state index is -3.87. The summed E-state index contributed by atoms with van der Waals surface area (Å²) in [6.45, 7) is 7.29. The molecule has 1 amide bonds. The molecule has 0 spiro atoms. The second-order valence-electron chi connectivity index (χ2n) is 7.75. The first-order valence-corrected chi connectivity index (χ1v) is 12.2. The minimum Gasteiger partial charge on any atom is -0.481 e. The zero-order chi connectivity index (χ0) is 24.0. The molecule has 1 aromatic heterocycles. The second-order valence-corrected chi connectivity index (χ2v) is 9.43. The summed E-state index contributed by atoms with van der Waals surface area (Å²) in [5.74, 6) is 0.280. The summed E-state index contributed by atoms with van der Waals surface area (Å²) in [6, 6.07) is 15.3. The van der Waals surface area contributed by atoms with Gasteiger partial charge in [0.2, 0.25) is 5.95 Å². The number of anilines is 2.